The maximum absolute atomic E-state index is 12.3. The molecule has 1 aromatic heterocycles. The van der Waals surface area contributed by atoms with Crippen LogP contribution in [0.15, 0.2) is 12.1 Å². The van der Waals surface area contributed by atoms with E-state index in [9.17, 15) is 4.79 Å². The Balaban J connectivity index is 2.90. The van der Waals surface area contributed by atoms with E-state index in [-0.39, 0.29) is 5.91 Å². The van der Waals surface area contributed by atoms with Gasteiger partial charge in [0, 0.05) is 24.3 Å². The number of aromatic nitrogens is 1. The number of pyridine rings is 1. The average Bonchev–Trinajstić information content (AvgIpc) is 2.38. The lowest BCUT2D eigenvalue weighted by molar-refractivity contribution is 0.0762. The number of hydrogen-bond donors (Lipinski definition) is 0. The highest BCUT2D eigenvalue weighted by atomic mass is 35.5. The standard InChI is InChI=1S/C14H21ClN2O/c1-4-7-8-17(6-3)14(18)11-9-12(5-2)16-13(15)10-11/h9-10H,4-8H2,1-3H3. The van der Waals surface area contributed by atoms with Crippen LogP contribution in [0.4, 0.5) is 0 Å². The number of carbonyl (C=O) groups is 1. The number of amides is 1. The Morgan fingerprint density at radius 3 is 2.61 bits per heavy atom. The fraction of sp³-hybridized carbons (Fsp3) is 0.571. The summed E-state index contributed by atoms with van der Waals surface area (Å²) in [7, 11) is 0. The van der Waals surface area contributed by atoms with Crippen LogP contribution in [0.2, 0.25) is 5.15 Å². The smallest absolute Gasteiger partial charge is 0.254 e. The molecule has 0 atom stereocenters. The minimum absolute atomic E-state index is 0.0463. The molecule has 0 N–H and O–H groups in total. The molecule has 0 saturated carbocycles. The molecule has 0 aromatic carbocycles. The summed E-state index contributed by atoms with van der Waals surface area (Å²) in [4.78, 5) is 18.4. The van der Waals surface area contributed by atoms with Crippen LogP contribution in [-0.2, 0) is 6.42 Å². The maximum atomic E-state index is 12.3. The molecule has 0 bridgehead atoms. The molecular formula is C14H21ClN2O. The predicted molar refractivity (Wildman–Crippen MR) is 75.1 cm³/mol. The van der Waals surface area contributed by atoms with Crippen molar-refractivity contribution in [1.29, 1.82) is 0 Å². The number of unbranched alkanes of at least 4 members (excludes halogenated alkanes) is 1. The lowest BCUT2D eigenvalue weighted by atomic mass is 10.1. The molecule has 0 aliphatic heterocycles. The van der Waals surface area contributed by atoms with Crippen molar-refractivity contribution in [3.8, 4) is 0 Å². The first-order chi connectivity index (χ1) is 8.62. The summed E-state index contributed by atoms with van der Waals surface area (Å²) >= 11 is 5.94. The number of carbonyl (C=O) groups excluding carboxylic acids is 1. The van der Waals surface area contributed by atoms with E-state index in [2.05, 4.69) is 11.9 Å². The number of rotatable bonds is 6. The highest BCUT2D eigenvalue weighted by Gasteiger charge is 2.15. The van der Waals surface area contributed by atoms with E-state index in [0.29, 0.717) is 10.7 Å². The van der Waals surface area contributed by atoms with E-state index < -0.39 is 0 Å². The molecule has 0 aliphatic rings. The third kappa shape index (κ3) is 3.98. The molecule has 4 heteroatoms. The summed E-state index contributed by atoms with van der Waals surface area (Å²) in [6.45, 7) is 7.64. The fourth-order valence-corrected chi connectivity index (χ4v) is 2.02. The lowest BCUT2D eigenvalue weighted by Crippen LogP contribution is -2.31. The molecule has 3 nitrogen and oxygen atoms in total. The van der Waals surface area contributed by atoms with E-state index >= 15 is 0 Å². The summed E-state index contributed by atoms with van der Waals surface area (Å²) in [5.41, 5.74) is 1.50. The topological polar surface area (TPSA) is 33.2 Å². The normalized spacial score (nSPS) is 10.4. The number of halogens is 1. The first-order valence-electron chi connectivity index (χ1n) is 6.58. The van der Waals surface area contributed by atoms with Gasteiger partial charge in [0.15, 0.2) is 0 Å². The van der Waals surface area contributed by atoms with Gasteiger partial charge in [0.2, 0.25) is 0 Å². The molecule has 18 heavy (non-hydrogen) atoms. The first kappa shape index (κ1) is 15.0. The number of aryl methyl sites for hydroxylation is 1. The first-order valence-corrected chi connectivity index (χ1v) is 6.95. The zero-order valence-corrected chi connectivity index (χ0v) is 12.1. The molecule has 1 heterocycles. The van der Waals surface area contributed by atoms with E-state index in [1.807, 2.05) is 24.8 Å². The Morgan fingerprint density at radius 1 is 1.33 bits per heavy atom. The third-order valence-electron chi connectivity index (χ3n) is 2.91. The van der Waals surface area contributed by atoms with Crippen LogP contribution in [0.3, 0.4) is 0 Å². The van der Waals surface area contributed by atoms with Crippen molar-refractivity contribution in [1.82, 2.24) is 9.88 Å². The van der Waals surface area contributed by atoms with Crippen molar-refractivity contribution < 1.29 is 4.79 Å². The van der Waals surface area contributed by atoms with Crippen molar-refractivity contribution in [3.63, 3.8) is 0 Å². The van der Waals surface area contributed by atoms with Gasteiger partial charge in [-0.05, 0) is 31.9 Å². The van der Waals surface area contributed by atoms with E-state index in [0.717, 1.165) is 38.0 Å². The molecule has 1 rings (SSSR count). The highest BCUT2D eigenvalue weighted by molar-refractivity contribution is 6.29. The second kappa shape index (κ2) is 7.37. The third-order valence-corrected chi connectivity index (χ3v) is 3.10. The van der Waals surface area contributed by atoms with Gasteiger partial charge in [0.1, 0.15) is 5.15 Å². The van der Waals surface area contributed by atoms with Crippen LogP contribution < -0.4 is 0 Å². The largest absolute Gasteiger partial charge is 0.339 e. The van der Waals surface area contributed by atoms with Gasteiger partial charge in [-0.15, -0.1) is 0 Å². The molecule has 0 aliphatic carbocycles. The molecule has 0 fully saturated rings. The number of nitrogens with zero attached hydrogens (tertiary/aromatic N) is 2. The van der Waals surface area contributed by atoms with Gasteiger partial charge < -0.3 is 4.90 Å². The van der Waals surface area contributed by atoms with Gasteiger partial charge in [0.05, 0.1) is 0 Å². The van der Waals surface area contributed by atoms with Crippen molar-refractivity contribution in [2.24, 2.45) is 0 Å². The van der Waals surface area contributed by atoms with Gasteiger partial charge in [0.25, 0.3) is 5.91 Å². The van der Waals surface area contributed by atoms with Crippen molar-refractivity contribution >= 4 is 17.5 Å². The predicted octanol–water partition coefficient (Wildman–Crippen LogP) is 3.56. The van der Waals surface area contributed by atoms with Crippen LogP contribution >= 0.6 is 11.6 Å². The lowest BCUT2D eigenvalue weighted by Gasteiger charge is -2.21. The maximum Gasteiger partial charge on any atom is 0.254 e. The molecule has 1 amide bonds. The highest BCUT2D eigenvalue weighted by Crippen LogP contribution is 2.14. The fourth-order valence-electron chi connectivity index (χ4n) is 1.79. The van der Waals surface area contributed by atoms with Gasteiger partial charge >= 0.3 is 0 Å². The Labute approximate surface area is 114 Å². The van der Waals surface area contributed by atoms with Gasteiger partial charge in [-0.1, -0.05) is 31.9 Å². The number of hydrogen-bond acceptors (Lipinski definition) is 2. The Bertz CT molecular complexity index is 407. The zero-order valence-electron chi connectivity index (χ0n) is 11.4. The van der Waals surface area contributed by atoms with Crippen LogP contribution in [0.25, 0.3) is 0 Å². The van der Waals surface area contributed by atoms with Crippen LogP contribution in [0, 0.1) is 0 Å². The van der Waals surface area contributed by atoms with Crippen LogP contribution in [0.1, 0.15) is 49.7 Å². The van der Waals surface area contributed by atoms with Gasteiger partial charge in [-0.2, -0.15) is 0 Å². The monoisotopic (exact) mass is 268 g/mol. The summed E-state index contributed by atoms with van der Waals surface area (Å²) in [5, 5.41) is 0.393. The average molecular weight is 269 g/mol. The van der Waals surface area contributed by atoms with Gasteiger partial charge in [-0.25, -0.2) is 4.98 Å². The Hall–Kier alpha value is -1.09. The summed E-state index contributed by atoms with van der Waals surface area (Å²) in [6, 6.07) is 3.49. The Morgan fingerprint density at radius 2 is 2.06 bits per heavy atom. The van der Waals surface area contributed by atoms with Crippen molar-refractivity contribution in [2.75, 3.05) is 13.1 Å². The Kier molecular flexibility index (Phi) is 6.13. The van der Waals surface area contributed by atoms with E-state index in [1.165, 1.54) is 0 Å². The van der Waals surface area contributed by atoms with E-state index in [1.54, 1.807) is 6.07 Å². The van der Waals surface area contributed by atoms with Crippen LogP contribution in [-0.4, -0.2) is 28.9 Å². The SMILES string of the molecule is CCCCN(CC)C(=O)c1cc(Cl)nc(CC)c1. The second-order valence-electron chi connectivity index (χ2n) is 4.26. The quantitative estimate of drug-likeness (QED) is 0.739. The summed E-state index contributed by atoms with van der Waals surface area (Å²) < 4.78 is 0. The minimum atomic E-state index is 0.0463. The molecule has 100 valence electrons. The van der Waals surface area contributed by atoms with Crippen LogP contribution in [0.5, 0.6) is 0 Å². The summed E-state index contributed by atoms with van der Waals surface area (Å²) in [6.07, 6.45) is 2.89. The molecule has 0 unspecified atom stereocenters. The molecule has 0 spiro atoms. The molecular weight excluding hydrogens is 248 g/mol. The van der Waals surface area contributed by atoms with Crippen molar-refractivity contribution in [3.05, 3.63) is 28.5 Å². The minimum Gasteiger partial charge on any atom is -0.339 e. The zero-order chi connectivity index (χ0) is 13.5. The molecule has 0 saturated heterocycles. The molecule has 0 radical (unpaired) electrons. The van der Waals surface area contributed by atoms with Crippen molar-refractivity contribution in [2.45, 2.75) is 40.0 Å². The molecule has 1 aromatic rings. The second-order valence-corrected chi connectivity index (χ2v) is 4.65. The summed E-state index contributed by atoms with van der Waals surface area (Å²) in [5.74, 6) is 0.0463. The van der Waals surface area contributed by atoms with E-state index in [4.69, 9.17) is 11.6 Å². The van der Waals surface area contributed by atoms with Gasteiger partial charge in [-0.3, -0.25) is 4.79 Å².